The van der Waals surface area contributed by atoms with E-state index in [2.05, 4.69) is 0 Å². The van der Waals surface area contributed by atoms with Gasteiger partial charge in [0.25, 0.3) is 5.91 Å². The smallest absolute Gasteiger partial charge is 0.286 e. The summed E-state index contributed by atoms with van der Waals surface area (Å²) in [7, 11) is 1.66. The van der Waals surface area contributed by atoms with Crippen LogP contribution in [0.5, 0.6) is 0 Å². The van der Waals surface area contributed by atoms with Crippen molar-refractivity contribution in [3.63, 3.8) is 0 Å². The lowest BCUT2D eigenvalue weighted by Crippen LogP contribution is -2.41. The molecule has 0 unspecified atom stereocenters. The summed E-state index contributed by atoms with van der Waals surface area (Å²) in [4.78, 5) is 22.6. The quantitative estimate of drug-likeness (QED) is 0.428. The van der Waals surface area contributed by atoms with Crippen LogP contribution in [0.1, 0.15) is 12.8 Å². The maximum absolute atomic E-state index is 10.9. The SMILES string of the molecule is CN(C(=O)C=O)C1CCOCC1. The Hall–Kier alpha value is -0.900. The zero-order valence-electron chi connectivity index (χ0n) is 7.16. The van der Waals surface area contributed by atoms with Crippen molar-refractivity contribution in [1.82, 2.24) is 4.90 Å². The second-order valence-electron chi connectivity index (χ2n) is 2.91. The van der Waals surface area contributed by atoms with Crippen molar-refractivity contribution >= 4 is 12.2 Å². The summed E-state index contributed by atoms with van der Waals surface area (Å²) in [5.74, 6) is -0.443. The van der Waals surface area contributed by atoms with Crippen molar-refractivity contribution in [2.24, 2.45) is 0 Å². The molecule has 12 heavy (non-hydrogen) atoms. The van der Waals surface area contributed by atoms with E-state index in [1.807, 2.05) is 0 Å². The van der Waals surface area contributed by atoms with E-state index in [1.54, 1.807) is 7.05 Å². The van der Waals surface area contributed by atoms with Gasteiger partial charge in [-0.15, -0.1) is 0 Å². The van der Waals surface area contributed by atoms with E-state index in [1.165, 1.54) is 4.90 Å². The van der Waals surface area contributed by atoms with Crippen LogP contribution in [-0.4, -0.2) is 43.4 Å². The Morgan fingerprint density at radius 2 is 2.08 bits per heavy atom. The summed E-state index contributed by atoms with van der Waals surface area (Å²) in [5, 5.41) is 0. The highest BCUT2D eigenvalue weighted by Crippen LogP contribution is 2.11. The number of carbonyl (C=O) groups excluding carboxylic acids is 2. The van der Waals surface area contributed by atoms with Crippen LogP contribution in [0.3, 0.4) is 0 Å². The molecule has 0 spiro atoms. The molecule has 1 aliphatic heterocycles. The lowest BCUT2D eigenvalue weighted by molar-refractivity contribution is -0.140. The fourth-order valence-corrected chi connectivity index (χ4v) is 1.34. The second-order valence-corrected chi connectivity index (χ2v) is 2.91. The summed E-state index contributed by atoms with van der Waals surface area (Å²) < 4.78 is 5.14. The van der Waals surface area contributed by atoms with E-state index in [9.17, 15) is 9.59 Å². The molecular weight excluding hydrogens is 158 g/mol. The molecule has 1 fully saturated rings. The number of hydrogen-bond donors (Lipinski definition) is 0. The molecule has 0 radical (unpaired) electrons. The van der Waals surface area contributed by atoms with Gasteiger partial charge in [0.2, 0.25) is 6.29 Å². The number of hydrogen-bond acceptors (Lipinski definition) is 3. The molecule has 0 aliphatic carbocycles. The van der Waals surface area contributed by atoms with Crippen molar-refractivity contribution in [2.75, 3.05) is 20.3 Å². The maximum Gasteiger partial charge on any atom is 0.286 e. The summed E-state index contributed by atoms with van der Waals surface area (Å²) in [6.45, 7) is 1.36. The number of carbonyl (C=O) groups is 2. The van der Waals surface area contributed by atoms with Gasteiger partial charge in [-0.2, -0.15) is 0 Å². The zero-order valence-corrected chi connectivity index (χ0v) is 7.16. The Morgan fingerprint density at radius 3 is 2.58 bits per heavy atom. The van der Waals surface area contributed by atoms with Gasteiger partial charge < -0.3 is 9.64 Å². The third-order valence-electron chi connectivity index (χ3n) is 2.19. The first-order chi connectivity index (χ1) is 5.75. The minimum absolute atomic E-state index is 0.177. The van der Waals surface area contributed by atoms with Crippen LogP contribution in [0, 0.1) is 0 Å². The Balaban J connectivity index is 2.44. The Bertz CT molecular complexity index is 175. The van der Waals surface area contributed by atoms with Gasteiger partial charge in [-0.05, 0) is 12.8 Å². The number of likely N-dealkylation sites (N-methyl/N-ethyl adjacent to an activating group) is 1. The van der Waals surface area contributed by atoms with E-state index in [0.29, 0.717) is 19.5 Å². The Morgan fingerprint density at radius 1 is 1.50 bits per heavy atom. The third-order valence-corrected chi connectivity index (χ3v) is 2.19. The molecule has 1 heterocycles. The van der Waals surface area contributed by atoms with Crippen molar-refractivity contribution in [1.29, 1.82) is 0 Å². The Kier molecular flexibility index (Phi) is 3.22. The second kappa shape index (κ2) is 4.21. The first-order valence-electron chi connectivity index (χ1n) is 4.05. The summed E-state index contributed by atoms with van der Waals surface area (Å²) in [6, 6.07) is 0.177. The van der Waals surface area contributed by atoms with Crippen LogP contribution in [0.25, 0.3) is 0 Å². The Labute approximate surface area is 71.5 Å². The van der Waals surface area contributed by atoms with Crippen molar-refractivity contribution in [2.45, 2.75) is 18.9 Å². The minimum Gasteiger partial charge on any atom is -0.381 e. The lowest BCUT2D eigenvalue weighted by atomic mass is 10.1. The first-order valence-corrected chi connectivity index (χ1v) is 4.05. The minimum atomic E-state index is -0.443. The largest absolute Gasteiger partial charge is 0.381 e. The van der Waals surface area contributed by atoms with E-state index in [4.69, 9.17) is 4.74 Å². The average molecular weight is 171 g/mol. The molecule has 1 aliphatic rings. The predicted molar refractivity (Wildman–Crippen MR) is 42.7 cm³/mol. The molecule has 1 saturated heterocycles. The molecule has 0 bridgehead atoms. The molecular formula is C8H13NO3. The number of amides is 1. The lowest BCUT2D eigenvalue weighted by Gasteiger charge is -2.29. The number of aldehydes is 1. The van der Waals surface area contributed by atoms with E-state index in [-0.39, 0.29) is 6.04 Å². The van der Waals surface area contributed by atoms with Crippen molar-refractivity contribution in [3.05, 3.63) is 0 Å². The average Bonchev–Trinajstić information content (AvgIpc) is 2.17. The highest BCUT2D eigenvalue weighted by molar-refractivity contribution is 6.23. The van der Waals surface area contributed by atoms with Gasteiger partial charge in [0, 0.05) is 26.3 Å². The van der Waals surface area contributed by atoms with Gasteiger partial charge in [0.05, 0.1) is 0 Å². The number of rotatable bonds is 2. The summed E-state index contributed by atoms with van der Waals surface area (Å²) in [5.41, 5.74) is 0. The van der Waals surface area contributed by atoms with Gasteiger partial charge in [0.15, 0.2) is 0 Å². The monoisotopic (exact) mass is 171 g/mol. The van der Waals surface area contributed by atoms with Gasteiger partial charge >= 0.3 is 0 Å². The summed E-state index contributed by atoms with van der Waals surface area (Å²) >= 11 is 0. The van der Waals surface area contributed by atoms with Crippen LogP contribution in [0.4, 0.5) is 0 Å². The van der Waals surface area contributed by atoms with Crippen LogP contribution < -0.4 is 0 Å². The predicted octanol–water partition coefficient (Wildman–Crippen LogP) is -0.177. The zero-order chi connectivity index (χ0) is 8.97. The topological polar surface area (TPSA) is 46.6 Å². The molecule has 1 amide bonds. The molecule has 0 aromatic heterocycles. The standard InChI is InChI=1S/C8H13NO3/c1-9(8(11)6-10)7-2-4-12-5-3-7/h6-7H,2-5H2,1H3. The van der Waals surface area contributed by atoms with Gasteiger partial charge in [-0.3, -0.25) is 9.59 Å². The van der Waals surface area contributed by atoms with E-state index in [0.717, 1.165) is 12.8 Å². The fraction of sp³-hybridized carbons (Fsp3) is 0.750. The third kappa shape index (κ3) is 2.04. The normalized spacial score (nSPS) is 18.8. The van der Waals surface area contributed by atoms with Crippen molar-refractivity contribution in [3.8, 4) is 0 Å². The molecule has 1 rings (SSSR count). The van der Waals surface area contributed by atoms with Gasteiger partial charge in [-0.25, -0.2) is 0 Å². The van der Waals surface area contributed by atoms with Gasteiger partial charge in [0.1, 0.15) is 0 Å². The molecule has 4 nitrogen and oxygen atoms in total. The van der Waals surface area contributed by atoms with Gasteiger partial charge in [-0.1, -0.05) is 0 Å². The maximum atomic E-state index is 10.9. The number of ether oxygens (including phenoxy) is 1. The van der Waals surface area contributed by atoms with Crippen LogP contribution in [0.2, 0.25) is 0 Å². The molecule has 4 heteroatoms. The first kappa shape index (κ1) is 9.19. The molecule has 0 saturated carbocycles. The van der Waals surface area contributed by atoms with Crippen LogP contribution in [0.15, 0.2) is 0 Å². The number of nitrogens with zero attached hydrogens (tertiary/aromatic N) is 1. The van der Waals surface area contributed by atoms with Crippen molar-refractivity contribution < 1.29 is 14.3 Å². The summed E-state index contributed by atoms with van der Waals surface area (Å²) in [6.07, 6.45) is 2.02. The van der Waals surface area contributed by atoms with E-state index < -0.39 is 5.91 Å². The molecule has 68 valence electrons. The molecule has 0 N–H and O–H groups in total. The molecule has 0 atom stereocenters. The van der Waals surface area contributed by atoms with Crippen LogP contribution in [-0.2, 0) is 14.3 Å². The van der Waals surface area contributed by atoms with Crippen LogP contribution >= 0.6 is 0 Å². The highest BCUT2D eigenvalue weighted by atomic mass is 16.5. The molecule has 0 aromatic rings. The fourth-order valence-electron chi connectivity index (χ4n) is 1.34. The van der Waals surface area contributed by atoms with E-state index >= 15 is 0 Å². The molecule has 0 aromatic carbocycles. The highest BCUT2D eigenvalue weighted by Gasteiger charge is 2.21.